The van der Waals surface area contributed by atoms with Crippen molar-refractivity contribution in [3.05, 3.63) is 59.7 Å². The van der Waals surface area contributed by atoms with Crippen molar-refractivity contribution >= 4 is 0 Å². The van der Waals surface area contributed by atoms with E-state index in [0.29, 0.717) is 6.54 Å². The molecule has 136 valence electrons. The van der Waals surface area contributed by atoms with Gasteiger partial charge < -0.3 is 11.1 Å². The van der Waals surface area contributed by atoms with E-state index in [1.807, 2.05) is 24.3 Å². The molecular formula is C20H25F3N2. The van der Waals surface area contributed by atoms with Crippen molar-refractivity contribution < 1.29 is 13.2 Å². The van der Waals surface area contributed by atoms with Gasteiger partial charge in [-0.15, -0.1) is 0 Å². The molecule has 0 atom stereocenters. The molecule has 0 aliphatic rings. The second-order valence-electron chi connectivity index (χ2n) is 6.45. The molecule has 0 bridgehead atoms. The monoisotopic (exact) mass is 350 g/mol. The van der Waals surface area contributed by atoms with Gasteiger partial charge in [0.25, 0.3) is 0 Å². The smallest absolute Gasteiger partial charge is 0.324 e. The summed E-state index contributed by atoms with van der Waals surface area (Å²) < 4.78 is 37.8. The molecule has 0 unspecified atom stereocenters. The van der Waals surface area contributed by atoms with Crippen molar-refractivity contribution in [1.82, 2.24) is 5.32 Å². The topological polar surface area (TPSA) is 38.0 Å². The Labute approximate surface area is 147 Å². The minimum atomic E-state index is -4.30. The largest absolute Gasteiger partial charge is 0.416 e. The Morgan fingerprint density at radius 1 is 0.840 bits per heavy atom. The second kappa shape index (κ2) is 8.02. The first-order valence-electron chi connectivity index (χ1n) is 8.53. The van der Waals surface area contributed by atoms with Crippen LogP contribution in [0.4, 0.5) is 13.2 Å². The molecule has 0 saturated carbocycles. The van der Waals surface area contributed by atoms with Crippen LogP contribution in [0.1, 0.15) is 37.8 Å². The molecule has 0 saturated heterocycles. The van der Waals surface area contributed by atoms with Crippen LogP contribution in [0.2, 0.25) is 0 Å². The number of rotatable bonds is 7. The van der Waals surface area contributed by atoms with Gasteiger partial charge >= 0.3 is 6.18 Å². The highest BCUT2D eigenvalue weighted by molar-refractivity contribution is 5.64. The van der Waals surface area contributed by atoms with Crippen molar-refractivity contribution in [3.8, 4) is 11.1 Å². The highest BCUT2D eigenvalue weighted by Crippen LogP contribution is 2.31. The van der Waals surface area contributed by atoms with Gasteiger partial charge in [-0.05, 0) is 41.7 Å². The third-order valence-electron chi connectivity index (χ3n) is 4.71. The third-order valence-corrected chi connectivity index (χ3v) is 4.71. The summed E-state index contributed by atoms with van der Waals surface area (Å²) in [7, 11) is 0. The molecule has 2 rings (SSSR count). The third kappa shape index (κ3) is 5.31. The fraction of sp³-hybridized carbons (Fsp3) is 0.400. The molecule has 0 aromatic heterocycles. The van der Waals surface area contributed by atoms with Crippen LogP contribution in [0.25, 0.3) is 11.1 Å². The summed E-state index contributed by atoms with van der Waals surface area (Å²) in [6.07, 6.45) is -2.46. The standard InChI is InChI=1S/C20H25F3N2/c1-3-19(24,4-2)14-25-13-15-5-7-16(8-6-15)17-9-11-18(12-10-17)20(21,22)23/h5-12,25H,3-4,13-14,24H2,1-2H3. The number of alkyl halides is 3. The molecular weight excluding hydrogens is 325 g/mol. The molecule has 2 aromatic rings. The van der Waals surface area contributed by atoms with E-state index >= 15 is 0 Å². The van der Waals surface area contributed by atoms with Crippen LogP contribution < -0.4 is 11.1 Å². The first-order valence-corrected chi connectivity index (χ1v) is 8.53. The van der Waals surface area contributed by atoms with Crippen molar-refractivity contribution in [2.75, 3.05) is 6.54 Å². The molecule has 0 heterocycles. The molecule has 0 aliphatic heterocycles. The molecule has 2 nitrogen and oxygen atoms in total. The lowest BCUT2D eigenvalue weighted by Gasteiger charge is -2.27. The molecule has 0 radical (unpaired) electrons. The first kappa shape index (κ1) is 19.5. The molecule has 2 aromatic carbocycles. The van der Waals surface area contributed by atoms with Gasteiger partial charge in [0.05, 0.1) is 5.56 Å². The average Bonchev–Trinajstić information content (AvgIpc) is 2.61. The number of hydrogen-bond acceptors (Lipinski definition) is 2. The lowest BCUT2D eigenvalue weighted by molar-refractivity contribution is -0.137. The Balaban J connectivity index is 1.98. The molecule has 0 aliphatic carbocycles. The molecule has 0 amide bonds. The molecule has 0 spiro atoms. The maximum Gasteiger partial charge on any atom is 0.416 e. The highest BCUT2D eigenvalue weighted by atomic mass is 19.4. The zero-order valence-electron chi connectivity index (χ0n) is 14.7. The Morgan fingerprint density at radius 3 is 1.76 bits per heavy atom. The maximum atomic E-state index is 12.6. The van der Waals surface area contributed by atoms with E-state index in [4.69, 9.17) is 5.73 Å². The normalized spacial score (nSPS) is 12.4. The predicted molar refractivity (Wildman–Crippen MR) is 96.1 cm³/mol. The zero-order valence-corrected chi connectivity index (χ0v) is 14.7. The van der Waals surface area contributed by atoms with E-state index in [-0.39, 0.29) is 5.54 Å². The summed E-state index contributed by atoms with van der Waals surface area (Å²) in [5.74, 6) is 0. The van der Waals surface area contributed by atoms with E-state index in [2.05, 4.69) is 19.2 Å². The number of nitrogens with two attached hydrogens (primary N) is 1. The quantitative estimate of drug-likeness (QED) is 0.739. The summed E-state index contributed by atoms with van der Waals surface area (Å²) >= 11 is 0. The van der Waals surface area contributed by atoms with Crippen LogP contribution in [-0.4, -0.2) is 12.1 Å². The van der Waals surface area contributed by atoms with Crippen molar-refractivity contribution in [1.29, 1.82) is 0 Å². The van der Waals surface area contributed by atoms with Gasteiger partial charge in [-0.3, -0.25) is 0 Å². The highest BCUT2D eigenvalue weighted by Gasteiger charge is 2.29. The lowest BCUT2D eigenvalue weighted by atomic mass is 9.94. The van der Waals surface area contributed by atoms with Gasteiger partial charge in [-0.1, -0.05) is 50.2 Å². The van der Waals surface area contributed by atoms with Gasteiger partial charge in [0.1, 0.15) is 0 Å². The molecule has 5 heteroatoms. The van der Waals surface area contributed by atoms with Crippen LogP contribution in [0, 0.1) is 0 Å². The summed E-state index contributed by atoms with van der Waals surface area (Å²) in [5, 5.41) is 3.38. The van der Waals surface area contributed by atoms with Gasteiger partial charge in [0, 0.05) is 18.6 Å². The number of hydrogen-bond donors (Lipinski definition) is 2. The summed E-state index contributed by atoms with van der Waals surface area (Å²) in [5.41, 5.74) is 8.23. The molecule has 0 fully saturated rings. The SMILES string of the molecule is CCC(N)(CC)CNCc1ccc(-c2ccc(C(F)(F)F)cc2)cc1. The predicted octanol–water partition coefficient (Wildman–Crippen LogP) is 4.98. The number of halogens is 3. The minimum Gasteiger partial charge on any atom is -0.324 e. The van der Waals surface area contributed by atoms with Gasteiger partial charge in [-0.2, -0.15) is 13.2 Å². The van der Waals surface area contributed by atoms with Crippen molar-refractivity contribution in [3.63, 3.8) is 0 Å². The van der Waals surface area contributed by atoms with Crippen LogP contribution in [0.5, 0.6) is 0 Å². The Bertz CT molecular complexity index is 657. The fourth-order valence-electron chi connectivity index (χ4n) is 2.62. The zero-order chi connectivity index (χ0) is 18.5. The maximum absolute atomic E-state index is 12.6. The minimum absolute atomic E-state index is 0.180. The Hall–Kier alpha value is -1.85. The average molecular weight is 350 g/mol. The number of nitrogens with one attached hydrogen (secondary N) is 1. The molecule has 25 heavy (non-hydrogen) atoms. The van der Waals surface area contributed by atoms with Gasteiger partial charge in [0.2, 0.25) is 0 Å². The fourth-order valence-corrected chi connectivity index (χ4v) is 2.62. The second-order valence-corrected chi connectivity index (χ2v) is 6.45. The van der Waals surface area contributed by atoms with Crippen molar-refractivity contribution in [2.24, 2.45) is 5.73 Å². The van der Waals surface area contributed by atoms with E-state index in [1.165, 1.54) is 12.1 Å². The van der Waals surface area contributed by atoms with Gasteiger partial charge in [-0.25, -0.2) is 0 Å². The van der Waals surface area contributed by atoms with E-state index in [0.717, 1.165) is 48.2 Å². The van der Waals surface area contributed by atoms with Crippen molar-refractivity contribution in [2.45, 2.75) is 44.9 Å². The van der Waals surface area contributed by atoms with E-state index < -0.39 is 11.7 Å². The summed E-state index contributed by atoms with van der Waals surface area (Å²) in [6, 6.07) is 13.0. The van der Waals surface area contributed by atoms with E-state index in [1.54, 1.807) is 0 Å². The van der Waals surface area contributed by atoms with Crippen LogP contribution in [0.15, 0.2) is 48.5 Å². The lowest BCUT2D eigenvalue weighted by Crippen LogP contribution is -2.47. The number of benzene rings is 2. The summed E-state index contributed by atoms with van der Waals surface area (Å²) in [6.45, 7) is 5.64. The van der Waals surface area contributed by atoms with Crippen LogP contribution in [0.3, 0.4) is 0 Å². The van der Waals surface area contributed by atoms with Crippen LogP contribution in [-0.2, 0) is 12.7 Å². The van der Waals surface area contributed by atoms with Crippen LogP contribution >= 0.6 is 0 Å². The summed E-state index contributed by atoms with van der Waals surface area (Å²) in [4.78, 5) is 0. The molecule has 3 N–H and O–H groups in total. The van der Waals surface area contributed by atoms with E-state index in [9.17, 15) is 13.2 Å². The Kier molecular flexibility index (Phi) is 6.25. The van der Waals surface area contributed by atoms with Gasteiger partial charge in [0.15, 0.2) is 0 Å². The Morgan fingerprint density at radius 2 is 1.32 bits per heavy atom. The first-order chi connectivity index (χ1) is 11.8.